The molecule has 0 aromatic carbocycles. The summed E-state index contributed by atoms with van der Waals surface area (Å²) >= 11 is 0. The molecule has 0 aromatic heterocycles. The highest BCUT2D eigenvalue weighted by Gasteiger charge is 2.20. The smallest absolute Gasteiger partial charge is 0.326 e. The van der Waals surface area contributed by atoms with Gasteiger partial charge < -0.3 is 26.8 Å². The van der Waals surface area contributed by atoms with Gasteiger partial charge in [-0.05, 0) is 12.3 Å². The maximum absolute atomic E-state index is 11.4. The molecule has 0 spiro atoms. The van der Waals surface area contributed by atoms with Crippen molar-refractivity contribution in [2.24, 2.45) is 11.7 Å². The molecule has 0 bridgehead atoms. The highest BCUT2D eigenvalue weighted by molar-refractivity contribution is 5.82. The largest absolute Gasteiger partial charge is 0.480 e. The fraction of sp³-hybridized carbons (Fsp3) is 0.700. The van der Waals surface area contributed by atoms with Crippen molar-refractivity contribution in [3.8, 4) is 0 Å². The molecule has 0 rings (SSSR count). The number of rotatable bonds is 7. The summed E-state index contributed by atoms with van der Waals surface area (Å²) in [6.45, 7) is 4.09. The number of primary amides is 1. The monoisotopic (exact) mass is 260 g/mol. The first kappa shape index (κ1) is 16.0. The number of nitrogens with two attached hydrogens (primary N) is 1. The number of hydrogen-bond donors (Lipinski definition) is 5. The third kappa shape index (κ3) is 8.20. The van der Waals surface area contributed by atoms with Gasteiger partial charge in [-0.3, -0.25) is 0 Å². The Hall–Kier alpha value is -1.99. The van der Waals surface area contributed by atoms with Gasteiger partial charge in [0, 0.05) is 13.1 Å². The summed E-state index contributed by atoms with van der Waals surface area (Å²) in [5, 5.41) is 15.9. The predicted molar refractivity (Wildman–Crippen MR) is 65.0 cm³/mol. The van der Waals surface area contributed by atoms with Crippen molar-refractivity contribution in [2.75, 3.05) is 13.1 Å². The normalized spacial score (nSPS) is 11.7. The Morgan fingerprint density at radius 3 is 2.17 bits per heavy atom. The zero-order valence-corrected chi connectivity index (χ0v) is 10.5. The molecule has 0 radical (unpaired) electrons. The zero-order chi connectivity index (χ0) is 14.1. The van der Waals surface area contributed by atoms with Crippen LogP contribution in [-0.4, -0.2) is 42.3 Å². The molecule has 0 saturated carbocycles. The van der Waals surface area contributed by atoms with E-state index >= 15 is 0 Å². The van der Waals surface area contributed by atoms with Gasteiger partial charge in [-0.2, -0.15) is 0 Å². The van der Waals surface area contributed by atoms with Crippen LogP contribution in [0.15, 0.2) is 0 Å². The molecule has 104 valence electrons. The fourth-order valence-corrected chi connectivity index (χ4v) is 1.26. The lowest BCUT2D eigenvalue weighted by Crippen LogP contribution is -2.48. The lowest BCUT2D eigenvalue weighted by atomic mass is 10.0. The molecule has 0 aliphatic carbocycles. The Labute approximate surface area is 105 Å². The standard InChI is InChI=1S/C10H20N4O4/c1-6(2)5-7(8(15)16)14-10(18)13-4-3-12-9(11)17/h6-7H,3-5H2,1-2H3,(H,15,16)(H3,11,12,17)(H2,13,14,18)/t7-/m1/s1. The number of urea groups is 2. The minimum Gasteiger partial charge on any atom is -0.480 e. The van der Waals surface area contributed by atoms with Gasteiger partial charge in [-0.15, -0.1) is 0 Å². The quantitative estimate of drug-likeness (QED) is 0.393. The Bertz CT molecular complexity index is 306. The number of hydrogen-bond acceptors (Lipinski definition) is 3. The van der Waals surface area contributed by atoms with Crippen molar-refractivity contribution >= 4 is 18.0 Å². The van der Waals surface area contributed by atoms with E-state index in [1.807, 2.05) is 13.8 Å². The SMILES string of the molecule is CC(C)C[C@@H](NC(=O)NCCNC(N)=O)C(=O)O. The van der Waals surface area contributed by atoms with E-state index in [9.17, 15) is 14.4 Å². The van der Waals surface area contributed by atoms with E-state index in [0.29, 0.717) is 6.42 Å². The van der Waals surface area contributed by atoms with Crippen LogP contribution in [0.2, 0.25) is 0 Å². The molecule has 4 amide bonds. The first-order chi connectivity index (χ1) is 8.32. The van der Waals surface area contributed by atoms with Crippen LogP contribution in [0.3, 0.4) is 0 Å². The van der Waals surface area contributed by atoms with Crippen LogP contribution in [0.1, 0.15) is 20.3 Å². The molecule has 1 atom stereocenters. The van der Waals surface area contributed by atoms with Crippen LogP contribution in [0.4, 0.5) is 9.59 Å². The number of carboxylic acids is 1. The van der Waals surface area contributed by atoms with Crippen molar-refractivity contribution in [2.45, 2.75) is 26.3 Å². The van der Waals surface area contributed by atoms with E-state index < -0.39 is 24.1 Å². The topological polar surface area (TPSA) is 134 Å². The molecule has 0 aliphatic heterocycles. The van der Waals surface area contributed by atoms with E-state index in [2.05, 4.69) is 16.0 Å². The third-order valence-electron chi connectivity index (χ3n) is 2.02. The summed E-state index contributed by atoms with van der Waals surface area (Å²) in [7, 11) is 0. The summed E-state index contributed by atoms with van der Waals surface area (Å²) < 4.78 is 0. The average Bonchev–Trinajstić information content (AvgIpc) is 2.22. The zero-order valence-electron chi connectivity index (χ0n) is 10.5. The van der Waals surface area contributed by atoms with E-state index in [1.54, 1.807) is 0 Å². The van der Waals surface area contributed by atoms with Crippen LogP contribution in [0.5, 0.6) is 0 Å². The number of carbonyl (C=O) groups is 3. The van der Waals surface area contributed by atoms with Crippen molar-refractivity contribution in [3.63, 3.8) is 0 Å². The number of carboxylic acid groups (broad SMARTS) is 1. The molecule has 0 saturated heterocycles. The van der Waals surface area contributed by atoms with Gasteiger partial charge in [0.15, 0.2) is 0 Å². The minimum absolute atomic E-state index is 0.155. The second kappa shape index (κ2) is 8.15. The van der Waals surface area contributed by atoms with Crippen LogP contribution in [0, 0.1) is 5.92 Å². The van der Waals surface area contributed by atoms with Crippen molar-refractivity contribution < 1.29 is 19.5 Å². The Morgan fingerprint density at radius 1 is 1.17 bits per heavy atom. The fourth-order valence-electron chi connectivity index (χ4n) is 1.26. The van der Waals surface area contributed by atoms with E-state index in [0.717, 1.165) is 0 Å². The average molecular weight is 260 g/mol. The highest BCUT2D eigenvalue weighted by Crippen LogP contribution is 2.04. The van der Waals surface area contributed by atoms with Crippen molar-refractivity contribution in [3.05, 3.63) is 0 Å². The molecule has 6 N–H and O–H groups in total. The number of carbonyl (C=O) groups excluding carboxylic acids is 2. The van der Waals surface area contributed by atoms with Gasteiger partial charge >= 0.3 is 18.0 Å². The maximum Gasteiger partial charge on any atom is 0.326 e. The van der Waals surface area contributed by atoms with Gasteiger partial charge in [0.05, 0.1) is 0 Å². The molecule has 0 unspecified atom stereocenters. The first-order valence-corrected chi connectivity index (χ1v) is 5.63. The molecule has 18 heavy (non-hydrogen) atoms. The molecule has 0 heterocycles. The summed E-state index contributed by atoms with van der Waals surface area (Å²) in [5.74, 6) is -0.919. The maximum atomic E-state index is 11.4. The molecule has 8 nitrogen and oxygen atoms in total. The predicted octanol–water partition coefficient (Wildman–Crippen LogP) is -0.547. The van der Waals surface area contributed by atoms with Crippen LogP contribution in [-0.2, 0) is 4.79 Å². The molecule has 8 heteroatoms. The minimum atomic E-state index is -1.07. The summed E-state index contributed by atoms with van der Waals surface area (Å²) in [4.78, 5) is 32.6. The van der Waals surface area contributed by atoms with Crippen molar-refractivity contribution in [1.29, 1.82) is 0 Å². The second-order valence-electron chi connectivity index (χ2n) is 4.21. The van der Waals surface area contributed by atoms with Crippen molar-refractivity contribution in [1.82, 2.24) is 16.0 Å². The molecule has 0 aliphatic rings. The van der Waals surface area contributed by atoms with Crippen LogP contribution in [0.25, 0.3) is 0 Å². The van der Waals surface area contributed by atoms with Gasteiger partial charge in [0.1, 0.15) is 6.04 Å². The lowest BCUT2D eigenvalue weighted by molar-refractivity contribution is -0.139. The number of aliphatic carboxylic acids is 1. The van der Waals surface area contributed by atoms with Crippen LogP contribution < -0.4 is 21.7 Å². The lowest BCUT2D eigenvalue weighted by Gasteiger charge is -2.16. The first-order valence-electron chi connectivity index (χ1n) is 5.63. The molecular formula is C10H20N4O4. The van der Waals surface area contributed by atoms with Crippen LogP contribution >= 0.6 is 0 Å². The summed E-state index contributed by atoms with van der Waals surface area (Å²) in [6, 6.07) is -2.19. The summed E-state index contributed by atoms with van der Waals surface area (Å²) in [5.41, 5.74) is 4.83. The highest BCUT2D eigenvalue weighted by atomic mass is 16.4. The van der Waals surface area contributed by atoms with E-state index in [-0.39, 0.29) is 19.0 Å². The van der Waals surface area contributed by atoms with Gasteiger partial charge in [0.25, 0.3) is 0 Å². The van der Waals surface area contributed by atoms with Gasteiger partial charge in [-0.1, -0.05) is 13.8 Å². The number of nitrogens with one attached hydrogen (secondary N) is 3. The summed E-state index contributed by atoms with van der Waals surface area (Å²) in [6.07, 6.45) is 0.349. The second-order valence-corrected chi connectivity index (χ2v) is 4.21. The Morgan fingerprint density at radius 2 is 1.72 bits per heavy atom. The van der Waals surface area contributed by atoms with E-state index in [4.69, 9.17) is 10.8 Å². The van der Waals surface area contributed by atoms with Gasteiger partial charge in [-0.25, -0.2) is 14.4 Å². The van der Waals surface area contributed by atoms with Gasteiger partial charge in [0.2, 0.25) is 0 Å². The Kier molecular flexibility index (Phi) is 7.25. The Balaban J connectivity index is 3.95. The molecular weight excluding hydrogens is 240 g/mol. The van der Waals surface area contributed by atoms with E-state index in [1.165, 1.54) is 0 Å². The number of amides is 4. The third-order valence-corrected chi connectivity index (χ3v) is 2.02. The molecule has 0 fully saturated rings. The molecule has 0 aromatic rings.